The standard InChI is InChI=1S/C38H52O/c1-7-29-26-34(33-18-16-32(17-19-33)31-14-12-28(6)13-15-31)20-22-36(29)35-21-23-37(30(8-2)27-35)39-25-24-38(9-3,10-4)11-5/h16-23,26-28,31H,7-15,24-25H2,1-6H3. The van der Waals surface area contributed by atoms with Crippen LogP contribution in [0.2, 0.25) is 0 Å². The first kappa shape index (κ1) is 29.4. The fourth-order valence-corrected chi connectivity index (χ4v) is 6.71. The van der Waals surface area contributed by atoms with Crippen LogP contribution < -0.4 is 4.74 Å². The highest BCUT2D eigenvalue weighted by Gasteiger charge is 2.24. The fraction of sp³-hybridized carbons (Fsp3) is 0.526. The van der Waals surface area contributed by atoms with E-state index in [9.17, 15) is 0 Å². The quantitative estimate of drug-likeness (QED) is 0.229. The second-order valence-corrected chi connectivity index (χ2v) is 12.1. The Morgan fingerprint density at radius 1 is 0.667 bits per heavy atom. The molecule has 0 N–H and O–H groups in total. The predicted molar refractivity (Wildman–Crippen MR) is 170 cm³/mol. The number of benzene rings is 3. The minimum absolute atomic E-state index is 0.416. The van der Waals surface area contributed by atoms with E-state index in [2.05, 4.69) is 102 Å². The highest BCUT2D eigenvalue weighted by atomic mass is 16.5. The highest BCUT2D eigenvalue weighted by molar-refractivity contribution is 5.75. The van der Waals surface area contributed by atoms with Gasteiger partial charge in [-0.15, -0.1) is 0 Å². The van der Waals surface area contributed by atoms with E-state index in [4.69, 9.17) is 4.74 Å². The van der Waals surface area contributed by atoms with E-state index in [1.165, 1.54) is 83.9 Å². The second-order valence-electron chi connectivity index (χ2n) is 12.1. The van der Waals surface area contributed by atoms with Crippen LogP contribution >= 0.6 is 0 Å². The number of aryl methyl sites for hydroxylation is 2. The summed E-state index contributed by atoms with van der Waals surface area (Å²) in [6, 6.07) is 23.3. The van der Waals surface area contributed by atoms with Gasteiger partial charge < -0.3 is 4.74 Å². The van der Waals surface area contributed by atoms with E-state index in [1.54, 1.807) is 0 Å². The molecule has 3 aromatic rings. The molecule has 0 aromatic heterocycles. The SMILES string of the molecule is CCc1cc(-c2ccc(-c3ccc(C4CCC(C)CC4)cc3)cc2CC)ccc1OCCC(CC)(CC)CC. The van der Waals surface area contributed by atoms with E-state index >= 15 is 0 Å². The number of ether oxygens (including phenoxy) is 1. The molecule has 4 rings (SSSR count). The topological polar surface area (TPSA) is 9.23 Å². The van der Waals surface area contributed by atoms with Crippen LogP contribution in [0.3, 0.4) is 0 Å². The van der Waals surface area contributed by atoms with Gasteiger partial charge in [-0.25, -0.2) is 0 Å². The van der Waals surface area contributed by atoms with Crippen molar-refractivity contribution in [2.75, 3.05) is 6.61 Å². The second kappa shape index (κ2) is 13.7. The Labute approximate surface area is 239 Å². The zero-order valence-electron chi connectivity index (χ0n) is 25.6. The maximum absolute atomic E-state index is 6.37. The Bertz CT molecular complexity index is 1170. The van der Waals surface area contributed by atoms with Crippen molar-refractivity contribution >= 4 is 0 Å². The molecule has 0 saturated heterocycles. The highest BCUT2D eigenvalue weighted by Crippen LogP contribution is 2.38. The lowest BCUT2D eigenvalue weighted by atomic mass is 9.77. The zero-order chi connectivity index (χ0) is 27.8. The molecule has 1 aliphatic carbocycles. The van der Waals surface area contributed by atoms with Crippen molar-refractivity contribution in [3.05, 3.63) is 77.4 Å². The van der Waals surface area contributed by atoms with Crippen LogP contribution in [0.15, 0.2) is 60.7 Å². The third kappa shape index (κ3) is 6.97. The Balaban J connectivity index is 1.50. The summed E-state index contributed by atoms with van der Waals surface area (Å²) in [6.07, 6.45) is 12.2. The summed E-state index contributed by atoms with van der Waals surface area (Å²) >= 11 is 0. The smallest absolute Gasteiger partial charge is 0.122 e. The molecule has 0 bridgehead atoms. The number of rotatable bonds is 12. The van der Waals surface area contributed by atoms with Crippen molar-refractivity contribution < 1.29 is 4.74 Å². The Hall–Kier alpha value is -2.54. The first-order valence-electron chi connectivity index (χ1n) is 15.9. The summed E-state index contributed by atoms with van der Waals surface area (Å²) in [5.74, 6) is 2.70. The van der Waals surface area contributed by atoms with Gasteiger partial charge in [0.15, 0.2) is 0 Å². The van der Waals surface area contributed by atoms with Gasteiger partial charge in [0, 0.05) is 0 Å². The molecule has 0 unspecified atom stereocenters. The van der Waals surface area contributed by atoms with Crippen LogP contribution in [-0.4, -0.2) is 6.61 Å². The first-order valence-corrected chi connectivity index (χ1v) is 15.9. The average Bonchev–Trinajstić information content (AvgIpc) is 3.00. The van der Waals surface area contributed by atoms with Crippen LogP contribution in [0.5, 0.6) is 5.75 Å². The van der Waals surface area contributed by atoms with Crippen LogP contribution in [0.25, 0.3) is 22.3 Å². The van der Waals surface area contributed by atoms with Gasteiger partial charge in [-0.05, 0) is 100 Å². The van der Waals surface area contributed by atoms with E-state index in [0.717, 1.165) is 43.5 Å². The minimum Gasteiger partial charge on any atom is -0.493 e. The lowest BCUT2D eigenvalue weighted by molar-refractivity contribution is 0.173. The van der Waals surface area contributed by atoms with Crippen LogP contribution in [0.1, 0.15) is 116 Å². The van der Waals surface area contributed by atoms with Gasteiger partial charge in [0.05, 0.1) is 6.61 Å². The first-order chi connectivity index (χ1) is 19.0. The Morgan fingerprint density at radius 2 is 1.26 bits per heavy atom. The Morgan fingerprint density at radius 3 is 1.87 bits per heavy atom. The van der Waals surface area contributed by atoms with Crippen LogP contribution in [0, 0.1) is 11.3 Å². The molecule has 0 amide bonds. The summed E-state index contributed by atoms with van der Waals surface area (Å²) in [4.78, 5) is 0. The minimum atomic E-state index is 0.416. The lowest BCUT2D eigenvalue weighted by Gasteiger charge is -2.30. The van der Waals surface area contributed by atoms with E-state index in [-0.39, 0.29) is 0 Å². The summed E-state index contributed by atoms with van der Waals surface area (Å²) in [5, 5.41) is 0. The van der Waals surface area contributed by atoms with Crippen molar-refractivity contribution in [2.45, 2.75) is 112 Å². The molecule has 1 fully saturated rings. The molecule has 0 heterocycles. The van der Waals surface area contributed by atoms with Crippen molar-refractivity contribution in [1.29, 1.82) is 0 Å². The third-order valence-electron chi connectivity index (χ3n) is 10.1. The predicted octanol–water partition coefficient (Wildman–Crippen LogP) is 11.4. The number of hydrogen-bond donors (Lipinski definition) is 0. The van der Waals surface area contributed by atoms with Gasteiger partial charge >= 0.3 is 0 Å². The van der Waals surface area contributed by atoms with Crippen molar-refractivity contribution in [3.63, 3.8) is 0 Å². The van der Waals surface area contributed by atoms with Gasteiger partial charge in [0.25, 0.3) is 0 Å². The molecule has 1 aliphatic rings. The average molecular weight is 525 g/mol. The molecule has 0 spiro atoms. The molecular formula is C38H52O. The monoisotopic (exact) mass is 524 g/mol. The molecular weight excluding hydrogens is 472 g/mol. The van der Waals surface area contributed by atoms with Crippen LogP contribution in [-0.2, 0) is 12.8 Å². The van der Waals surface area contributed by atoms with E-state index in [1.807, 2.05) is 0 Å². The van der Waals surface area contributed by atoms with Crippen LogP contribution in [0.4, 0.5) is 0 Å². The Kier molecular flexibility index (Phi) is 10.3. The zero-order valence-corrected chi connectivity index (χ0v) is 25.6. The molecule has 1 saturated carbocycles. The summed E-state index contributed by atoms with van der Waals surface area (Å²) in [7, 11) is 0. The van der Waals surface area contributed by atoms with Gasteiger partial charge in [-0.3, -0.25) is 0 Å². The third-order valence-corrected chi connectivity index (χ3v) is 10.1. The summed E-state index contributed by atoms with van der Waals surface area (Å²) in [6.45, 7) is 14.7. The molecule has 1 nitrogen and oxygen atoms in total. The van der Waals surface area contributed by atoms with Crippen molar-refractivity contribution in [1.82, 2.24) is 0 Å². The van der Waals surface area contributed by atoms with Gasteiger partial charge in [-0.2, -0.15) is 0 Å². The summed E-state index contributed by atoms with van der Waals surface area (Å²) < 4.78 is 6.37. The van der Waals surface area contributed by atoms with E-state index in [0.29, 0.717) is 5.41 Å². The lowest BCUT2D eigenvalue weighted by Crippen LogP contribution is -2.21. The van der Waals surface area contributed by atoms with E-state index < -0.39 is 0 Å². The number of hydrogen-bond acceptors (Lipinski definition) is 1. The largest absolute Gasteiger partial charge is 0.493 e. The van der Waals surface area contributed by atoms with Crippen molar-refractivity contribution in [2.24, 2.45) is 11.3 Å². The fourth-order valence-electron chi connectivity index (χ4n) is 6.71. The molecule has 0 aliphatic heterocycles. The molecule has 0 atom stereocenters. The molecule has 1 heteroatoms. The maximum atomic E-state index is 6.37. The van der Waals surface area contributed by atoms with Gasteiger partial charge in [0.2, 0.25) is 0 Å². The maximum Gasteiger partial charge on any atom is 0.122 e. The normalized spacial score (nSPS) is 17.8. The molecule has 39 heavy (non-hydrogen) atoms. The molecule has 3 aromatic carbocycles. The van der Waals surface area contributed by atoms with Gasteiger partial charge in [-0.1, -0.05) is 122 Å². The molecule has 0 radical (unpaired) electrons. The van der Waals surface area contributed by atoms with Crippen molar-refractivity contribution in [3.8, 4) is 28.0 Å². The molecule has 210 valence electrons. The summed E-state index contributed by atoms with van der Waals surface area (Å²) in [5.41, 5.74) is 9.95. The van der Waals surface area contributed by atoms with Gasteiger partial charge in [0.1, 0.15) is 5.75 Å².